The number of benzene rings is 1. The van der Waals surface area contributed by atoms with Crippen LogP contribution in [0, 0.1) is 0 Å². The van der Waals surface area contributed by atoms with Gasteiger partial charge in [-0.25, -0.2) is 8.78 Å². The van der Waals surface area contributed by atoms with Crippen molar-refractivity contribution in [3.05, 3.63) is 34.3 Å². The van der Waals surface area contributed by atoms with Crippen molar-refractivity contribution in [2.75, 3.05) is 6.54 Å². The van der Waals surface area contributed by atoms with Crippen molar-refractivity contribution in [2.24, 2.45) is 0 Å². The predicted molar refractivity (Wildman–Crippen MR) is 61.2 cm³/mol. The molecule has 0 saturated carbocycles. The maximum absolute atomic E-state index is 12.1. The van der Waals surface area contributed by atoms with Gasteiger partial charge >= 0.3 is 0 Å². The second-order valence-corrected chi connectivity index (χ2v) is 4.23. The molecule has 0 heterocycles. The van der Waals surface area contributed by atoms with Crippen LogP contribution in [0.3, 0.4) is 0 Å². The zero-order valence-corrected chi connectivity index (χ0v) is 10.1. The fraction of sp³-hybridized carbons (Fsp3) is 0.455. The lowest BCUT2D eigenvalue weighted by Gasteiger charge is -2.17. The first-order chi connectivity index (χ1) is 7.13. The average molecular weight is 278 g/mol. The topological polar surface area (TPSA) is 12.0 Å². The van der Waals surface area contributed by atoms with Gasteiger partial charge in [0.15, 0.2) is 0 Å². The van der Waals surface area contributed by atoms with E-state index in [1.807, 2.05) is 31.2 Å². The normalized spacial score (nSPS) is 13.1. The van der Waals surface area contributed by atoms with Gasteiger partial charge in [0, 0.05) is 10.5 Å². The van der Waals surface area contributed by atoms with Crippen molar-refractivity contribution in [1.82, 2.24) is 5.32 Å². The highest BCUT2D eigenvalue weighted by Gasteiger charge is 2.11. The molecule has 84 valence electrons. The monoisotopic (exact) mass is 277 g/mol. The number of alkyl halides is 2. The van der Waals surface area contributed by atoms with Crippen LogP contribution < -0.4 is 5.32 Å². The average Bonchev–Trinajstić information content (AvgIpc) is 2.18. The van der Waals surface area contributed by atoms with E-state index in [4.69, 9.17) is 0 Å². The summed E-state index contributed by atoms with van der Waals surface area (Å²) in [5, 5.41) is 2.84. The summed E-state index contributed by atoms with van der Waals surface area (Å²) in [5.74, 6) is 0. The van der Waals surface area contributed by atoms with Gasteiger partial charge in [0.25, 0.3) is 6.43 Å². The molecule has 0 fully saturated rings. The second kappa shape index (κ2) is 6.18. The SMILES string of the molecule is CCC(NCC(F)F)c1cccc(Br)c1. The largest absolute Gasteiger partial charge is 0.305 e. The molecule has 0 saturated heterocycles. The molecular weight excluding hydrogens is 264 g/mol. The third-order valence-corrected chi connectivity index (χ3v) is 2.67. The Kier molecular flexibility index (Phi) is 5.19. The van der Waals surface area contributed by atoms with Crippen molar-refractivity contribution >= 4 is 15.9 Å². The number of hydrogen-bond acceptors (Lipinski definition) is 1. The Morgan fingerprint density at radius 1 is 1.40 bits per heavy atom. The van der Waals surface area contributed by atoms with Crippen LogP contribution in [-0.4, -0.2) is 13.0 Å². The Morgan fingerprint density at radius 2 is 2.13 bits per heavy atom. The Morgan fingerprint density at radius 3 is 2.67 bits per heavy atom. The van der Waals surface area contributed by atoms with Crippen molar-refractivity contribution in [2.45, 2.75) is 25.8 Å². The lowest BCUT2D eigenvalue weighted by Crippen LogP contribution is -2.26. The van der Waals surface area contributed by atoms with E-state index >= 15 is 0 Å². The summed E-state index contributed by atoms with van der Waals surface area (Å²) in [6.07, 6.45) is -1.50. The van der Waals surface area contributed by atoms with E-state index in [-0.39, 0.29) is 12.6 Å². The quantitative estimate of drug-likeness (QED) is 0.864. The summed E-state index contributed by atoms with van der Waals surface area (Å²) in [5.41, 5.74) is 1.03. The minimum atomic E-state index is -2.30. The van der Waals surface area contributed by atoms with Crippen molar-refractivity contribution in [1.29, 1.82) is 0 Å². The molecule has 0 bridgehead atoms. The molecule has 0 spiro atoms. The van der Waals surface area contributed by atoms with Gasteiger partial charge in [-0.1, -0.05) is 35.0 Å². The van der Waals surface area contributed by atoms with Crippen LogP contribution in [0.25, 0.3) is 0 Å². The molecule has 0 aliphatic rings. The molecule has 0 radical (unpaired) electrons. The summed E-state index contributed by atoms with van der Waals surface area (Å²) in [7, 11) is 0. The summed E-state index contributed by atoms with van der Waals surface area (Å²) in [6, 6.07) is 7.72. The van der Waals surface area contributed by atoms with Gasteiger partial charge in [0.05, 0.1) is 6.54 Å². The standard InChI is InChI=1S/C11H14BrF2N/c1-2-10(15-7-11(13)14)8-4-3-5-9(12)6-8/h3-6,10-11,15H,2,7H2,1H3. The second-order valence-electron chi connectivity index (χ2n) is 3.32. The van der Waals surface area contributed by atoms with Crippen LogP contribution in [-0.2, 0) is 0 Å². The molecular formula is C11H14BrF2N. The number of rotatable bonds is 5. The van der Waals surface area contributed by atoms with E-state index in [1.165, 1.54) is 0 Å². The maximum Gasteiger partial charge on any atom is 0.250 e. The molecule has 4 heteroatoms. The van der Waals surface area contributed by atoms with Gasteiger partial charge in [-0.3, -0.25) is 0 Å². The van der Waals surface area contributed by atoms with Gasteiger partial charge in [0.1, 0.15) is 0 Å². The highest BCUT2D eigenvalue weighted by Crippen LogP contribution is 2.20. The summed E-state index contributed by atoms with van der Waals surface area (Å²) in [6.45, 7) is 1.72. The molecule has 0 aromatic heterocycles. The van der Waals surface area contributed by atoms with E-state index in [1.54, 1.807) is 0 Å². The highest BCUT2D eigenvalue weighted by atomic mass is 79.9. The summed E-state index contributed by atoms with van der Waals surface area (Å²) < 4.78 is 25.1. The minimum absolute atomic E-state index is 0.00324. The Balaban J connectivity index is 2.65. The van der Waals surface area contributed by atoms with Gasteiger partial charge in [-0.2, -0.15) is 0 Å². The third kappa shape index (κ3) is 4.26. The Hall–Kier alpha value is -0.480. The Bertz CT molecular complexity index is 304. The van der Waals surface area contributed by atoms with Crippen LogP contribution in [0.4, 0.5) is 8.78 Å². The molecule has 1 aromatic rings. The predicted octanol–water partition coefficient (Wildman–Crippen LogP) is 3.75. The molecule has 0 amide bonds. The van der Waals surface area contributed by atoms with Crippen LogP contribution in [0.5, 0.6) is 0 Å². The minimum Gasteiger partial charge on any atom is -0.305 e. The molecule has 1 nitrogen and oxygen atoms in total. The first-order valence-corrected chi connectivity index (χ1v) is 5.69. The third-order valence-electron chi connectivity index (χ3n) is 2.18. The van der Waals surface area contributed by atoms with E-state index in [9.17, 15) is 8.78 Å². The van der Waals surface area contributed by atoms with E-state index < -0.39 is 6.43 Å². The van der Waals surface area contributed by atoms with Crippen LogP contribution in [0.15, 0.2) is 28.7 Å². The summed E-state index contributed by atoms with van der Waals surface area (Å²) in [4.78, 5) is 0. The van der Waals surface area contributed by atoms with Gasteiger partial charge in [0.2, 0.25) is 0 Å². The van der Waals surface area contributed by atoms with E-state index in [2.05, 4.69) is 21.2 Å². The number of halogens is 3. The van der Waals surface area contributed by atoms with E-state index in [0.717, 1.165) is 16.5 Å². The van der Waals surface area contributed by atoms with Crippen LogP contribution in [0.2, 0.25) is 0 Å². The maximum atomic E-state index is 12.1. The van der Waals surface area contributed by atoms with Crippen molar-refractivity contribution in [3.8, 4) is 0 Å². The van der Waals surface area contributed by atoms with Crippen molar-refractivity contribution in [3.63, 3.8) is 0 Å². The smallest absolute Gasteiger partial charge is 0.250 e. The fourth-order valence-corrected chi connectivity index (χ4v) is 1.87. The zero-order chi connectivity index (χ0) is 11.3. The first-order valence-electron chi connectivity index (χ1n) is 4.90. The van der Waals surface area contributed by atoms with Crippen LogP contribution in [0.1, 0.15) is 24.9 Å². The van der Waals surface area contributed by atoms with Gasteiger partial charge in [-0.15, -0.1) is 0 Å². The molecule has 0 aliphatic carbocycles. The molecule has 15 heavy (non-hydrogen) atoms. The molecule has 1 rings (SSSR count). The molecule has 1 N–H and O–H groups in total. The van der Waals surface area contributed by atoms with Crippen LogP contribution >= 0.6 is 15.9 Å². The highest BCUT2D eigenvalue weighted by molar-refractivity contribution is 9.10. The fourth-order valence-electron chi connectivity index (χ4n) is 1.45. The van der Waals surface area contributed by atoms with Gasteiger partial charge in [-0.05, 0) is 24.1 Å². The molecule has 0 aliphatic heterocycles. The Labute approximate surface area is 97.0 Å². The zero-order valence-electron chi connectivity index (χ0n) is 8.51. The summed E-state index contributed by atoms with van der Waals surface area (Å²) >= 11 is 3.36. The molecule has 1 atom stereocenters. The van der Waals surface area contributed by atoms with Crippen molar-refractivity contribution < 1.29 is 8.78 Å². The van der Waals surface area contributed by atoms with E-state index in [0.29, 0.717) is 0 Å². The first kappa shape index (κ1) is 12.6. The lowest BCUT2D eigenvalue weighted by atomic mass is 10.0. The molecule has 1 unspecified atom stereocenters. The molecule has 1 aromatic carbocycles. The van der Waals surface area contributed by atoms with Gasteiger partial charge < -0.3 is 5.32 Å². The number of nitrogens with one attached hydrogen (secondary N) is 1. The lowest BCUT2D eigenvalue weighted by molar-refractivity contribution is 0.141. The number of hydrogen-bond donors (Lipinski definition) is 1.